The standard InChI is InChI=1S/C13H9BrClFN2O/c14-8-3-7(4-9(17)5-8)13(19)18-10-1-2-11(15)12(16)6-10/h1-6H,17H2,(H,18,19). The number of hydrogen-bond acceptors (Lipinski definition) is 2. The summed E-state index contributed by atoms with van der Waals surface area (Å²) in [5.41, 5.74) is 6.81. The van der Waals surface area contributed by atoms with Crippen LogP contribution in [0, 0.1) is 5.82 Å². The van der Waals surface area contributed by atoms with Crippen LogP contribution in [0.3, 0.4) is 0 Å². The second-order valence-electron chi connectivity index (χ2n) is 3.86. The molecule has 0 fully saturated rings. The highest BCUT2D eigenvalue weighted by atomic mass is 79.9. The monoisotopic (exact) mass is 342 g/mol. The Morgan fingerprint density at radius 1 is 1.26 bits per heavy atom. The van der Waals surface area contributed by atoms with E-state index in [-0.39, 0.29) is 10.9 Å². The van der Waals surface area contributed by atoms with Gasteiger partial charge in [0.2, 0.25) is 0 Å². The van der Waals surface area contributed by atoms with Crippen molar-refractivity contribution in [1.29, 1.82) is 0 Å². The van der Waals surface area contributed by atoms with Crippen molar-refractivity contribution in [2.75, 3.05) is 11.1 Å². The third-order valence-electron chi connectivity index (χ3n) is 2.36. The molecule has 0 saturated carbocycles. The second-order valence-corrected chi connectivity index (χ2v) is 5.18. The first-order chi connectivity index (χ1) is 8.95. The van der Waals surface area contributed by atoms with E-state index in [1.807, 2.05) is 0 Å². The summed E-state index contributed by atoms with van der Waals surface area (Å²) in [5, 5.41) is 2.57. The number of rotatable bonds is 2. The van der Waals surface area contributed by atoms with Crippen LogP contribution in [-0.2, 0) is 0 Å². The molecule has 98 valence electrons. The predicted octanol–water partition coefficient (Wildman–Crippen LogP) is 4.08. The van der Waals surface area contributed by atoms with E-state index >= 15 is 0 Å². The van der Waals surface area contributed by atoms with Gasteiger partial charge in [-0.15, -0.1) is 0 Å². The van der Waals surface area contributed by atoms with Crippen LogP contribution in [0.4, 0.5) is 15.8 Å². The summed E-state index contributed by atoms with van der Waals surface area (Å²) in [6.45, 7) is 0. The molecule has 2 aromatic rings. The second kappa shape index (κ2) is 5.59. The van der Waals surface area contributed by atoms with Gasteiger partial charge in [0.25, 0.3) is 5.91 Å². The van der Waals surface area contributed by atoms with Gasteiger partial charge in [-0.05, 0) is 36.4 Å². The fourth-order valence-corrected chi connectivity index (χ4v) is 2.15. The molecule has 2 rings (SSSR count). The van der Waals surface area contributed by atoms with Gasteiger partial charge < -0.3 is 11.1 Å². The Morgan fingerprint density at radius 3 is 2.63 bits per heavy atom. The number of benzene rings is 2. The lowest BCUT2D eigenvalue weighted by Crippen LogP contribution is -2.12. The lowest BCUT2D eigenvalue weighted by Gasteiger charge is -2.07. The number of nitrogens with one attached hydrogen (secondary N) is 1. The molecule has 0 saturated heterocycles. The Labute approximate surface area is 122 Å². The third kappa shape index (κ3) is 3.45. The molecule has 6 heteroatoms. The lowest BCUT2D eigenvalue weighted by atomic mass is 10.2. The molecular weight excluding hydrogens is 335 g/mol. The Hall–Kier alpha value is -1.59. The van der Waals surface area contributed by atoms with Crippen molar-refractivity contribution in [3.63, 3.8) is 0 Å². The van der Waals surface area contributed by atoms with Crippen LogP contribution in [-0.4, -0.2) is 5.91 Å². The van der Waals surface area contributed by atoms with Gasteiger partial charge in [0.05, 0.1) is 5.02 Å². The summed E-state index contributed by atoms with van der Waals surface area (Å²) in [7, 11) is 0. The van der Waals surface area contributed by atoms with Gasteiger partial charge >= 0.3 is 0 Å². The summed E-state index contributed by atoms with van der Waals surface area (Å²) < 4.78 is 13.9. The first kappa shape index (κ1) is 13.8. The number of nitrogens with two attached hydrogens (primary N) is 1. The molecule has 2 aromatic carbocycles. The number of carbonyl (C=O) groups excluding carboxylic acids is 1. The van der Waals surface area contributed by atoms with Crippen molar-refractivity contribution in [3.8, 4) is 0 Å². The topological polar surface area (TPSA) is 55.1 Å². The molecule has 0 aliphatic heterocycles. The molecule has 3 nitrogen and oxygen atoms in total. The maximum absolute atomic E-state index is 13.2. The minimum absolute atomic E-state index is 0.00435. The molecule has 0 bridgehead atoms. The number of halogens is 3. The van der Waals surface area contributed by atoms with E-state index in [0.717, 1.165) is 6.07 Å². The molecule has 0 aliphatic rings. The smallest absolute Gasteiger partial charge is 0.255 e. The predicted molar refractivity (Wildman–Crippen MR) is 77.9 cm³/mol. The first-order valence-corrected chi connectivity index (χ1v) is 6.45. The molecule has 0 aliphatic carbocycles. The molecule has 0 radical (unpaired) electrons. The maximum atomic E-state index is 13.2. The van der Waals surface area contributed by atoms with Crippen LogP contribution in [0.1, 0.15) is 10.4 Å². The van der Waals surface area contributed by atoms with E-state index in [4.69, 9.17) is 17.3 Å². The number of amides is 1. The minimum Gasteiger partial charge on any atom is -0.399 e. The summed E-state index contributed by atoms with van der Waals surface area (Å²) >= 11 is 8.82. The average molecular weight is 344 g/mol. The van der Waals surface area contributed by atoms with Crippen molar-refractivity contribution in [1.82, 2.24) is 0 Å². The van der Waals surface area contributed by atoms with Crippen LogP contribution in [0.25, 0.3) is 0 Å². The van der Waals surface area contributed by atoms with Crippen molar-refractivity contribution in [2.45, 2.75) is 0 Å². The van der Waals surface area contributed by atoms with Gasteiger partial charge in [-0.2, -0.15) is 0 Å². The summed E-state index contributed by atoms with van der Waals surface area (Å²) in [5.74, 6) is -0.969. The highest BCUT2D eigenvalue weighted by molar-refractivity contribution is 9.10. The van der Waals surface area contributed by atoms with E-state index in [2.05, 4.69) is 21.2 Å². The Balaban J connectivity index is 2.22. The van der Waals surface area contributed by atoms with Gasteiger partial charge in [-0.3, -0.25) is 4.79 Å². The Morgan fingerprint density at radius 2 is 2.00 bits per heavy atom. The van der Waals surface area contributed by atoms with Crippen LogP contribution in [0.5, 0.6) is 0 Å². The highest BCUT2D eigenvalue weighted by Gasteiger charge is 2.09. The minimum atomic E-state index is -0.590. The van der Waals surface area contributed by atoms with Crippen LogP contribution in [0.15, 0.2) is 40.9 Å². The maximum Gasteiger partial charge on any atom is 0.255 e. The SMILES string of the molecule is Nc1cc(Br)cc(C(=O)Nc2ccc(Cl)c(F)c2)c1. The molecule has 0 unspecified atom stereocenters. The van der Waals surface area contributed by atoms with Gasteiger partial charge in [-0.25, -0.2) is 4.39 Å². The summed E-state index contributed by atoms with van der Waals surface area (Å²) in [6.07, 6.45) is 0. The number of nitrogen functional groups attached to an aromatic ring is 1. The molecule has 0 aromatic heterocycles. The summed E-state index contributed by atoms with van der Waals surface area (Å²) in [6, 6.07) is 8.89. The molecule has 3 N–H and O–H groups in total. The highest BCUT2D eigenvalue weighted by Crippen LogP contribution is 2.21. The van der Waals surface area contributed by atoms with Crippen molar-refractivity contribution < 1.29 is 9.18 Å². The molecule has 1 amide bonds. The van der Waals surface area contributed by atoms with E-state index in [1.165, 1.54) is 18.2 Å². The third-order valence-corrected chi connectivity index (χ3v) is 3.12. The fraction of sp³-hybridized carbons (Fsp3) is 0. The quantitative estimate of drug-likeness (QED) is 0.807. The Kier molecular flexibility index (Phi) is 4.07. The fourth-order valence-electron chi connectivity index (χ4n) is 1.52. The molecule has 0 spiro atoms. The van der Waals surface area contributed by atoms with E-state index in [1.54, 1.807) is 12.1 Å². The number of hydrogen-bond donors (Lipinski definition) is 2. The van der Waals surface area contributed by atoms with Crippen LogP contribution >= 0.6 is 27.5 Å². The van der Waals surface area contributed by atoms with Gasteiger partial charge in [0.15, 0.2) is 0 Å². The number of carbonyl (C=O) groups is 1. The zero-order valence-corrected chi connectivity index (χ0v) is 11.9. The Bertz CT molecular complexity index is 628. The van der Waals surface area contributed by atoms with E-state index in [9.17, 15) is 9.18 Å². The molecule has 0 atom stereocenters. The van der Waals surface area contributed by atoms with Crippen LogP contribution < -0.4 is 11.1 Å². The van der Waals surface area contributed by atoms with Crippen molar-refractivity contribution in [3.05, 3.63) is 57.3 Å². The van der Waals surface area contributed by atoms with Crippen molar-refractivity contribution in [2.24, 2.45) is 0 Å². The normalized spacial score (nSPS) is 10.3. The summed E-state index contributed by atoms with van der Waals surface area (Å²) in [4.78, 5) is 12.0. The largest absolute Gasteiger partial charge is 0.399 e. The van der Waals surface area contributed by atoms with E-state index < -0.39 is 5.82 Å². The zero-order chi connectivity index (χ0) is 14.0. The first-order valence-electron chi connectivity index (χ1n) is 5.28. The molecular formula is C13H9BrClFN2O. The van der Waals surface area contributed by atoms with Gasteiger partial charge in [0.1, 0.15) is 5.82 Å². The van der Waals surface area contributed by atoms with Crippen LogP contribution in [0.2, 0.25) is 5.02 Å². The molecule has 0 heterocycles. The average Bonchev–Trinajstić information content (AvgIpc) is 2.32. The van der Waals surface area contributed by atoms with Gasteiger partial charge in [-0.1, -0.05) is 27.5 Å². The van der Waals surface area contributed by atoms with Gasteiger partial charge in [0, 0.05) is 21.4 Å². The zero-order valence-electron chi connectivity index (χ0n) is 9.58. The lowest BCUT2D eigenvalue weighted by molar-refractivity contribution is 0.102. The van der Waals surface area contributed by atoms with Crippen molar-refractivity contribution >= 4 is 44.8 Å². The molecule has 19 heavy (non-hydrogen) atoms. The van der Waals surface area contributed by atoms with E-state index in [0.29, 0.717) is 21.4 Å². The number of anilines is 2.